The van der Waals surface area contributed by atoms with Crippen LogP contribution in [0.5, 0.6) is 5.75 Å². The molecule has 0 spiro atoms. The summed E-state index contributed by atoms with van der Waals surface area (Å²) in [5.74, 6) is 0.203. The third kappa shape index (κ3) is 3.46. The third-order valence-corrected chi connectivity index (χ3v) is 3.77. The maximum absolute atomic E-state index is 5.94. The van der Waals surface area contributed by atoms with Gasteiger partial charge < -0.3 is 4.74 Å². The van der Waals surface area contributed by atoms with Crippen LogP contribution < -0.4 is 4.74 Å². The highest BCUT2D eigenvalue weighted by Gasteiger charge is 2.30. The summed E-state index contributed by atoms with van der Waals surface area (Å²) in [4.78, 5) is 0. The number of alkyl halides is 2. The molecule has 0 aromatic heterocycles. The molecular formula is C11H7Cl5O. The molecule has 0 saturated heterocycles. The first-order valence-corrected chi connectivity index (χ1v) is 6.20. The molecule has 0 unspecified atom stereocenters. The lowest BCUT2D eigenvalue weighted by Gasteiger charge is -2.22. The van der Waals surface area contributed by atoms with E-state index in [1.54, 1.807) is 0 Å². The summed E-state index contributed by atoms with van der Waals surface area (Å²) in [7, 11) is 0. The van der Waals surface area contributed by atoms with Crippen LogP contribution >= 0.6 is 58.0 Å². The van der Waals surface area contributed by atoms with Gasteiger partial charge >= 0.3 is 0 Å². The Bertz CT molecular complexity index is 467. The topological polar surface area (TPSA) is 9.23 Å². The molecular weight excluding hydrogens is 325 g/mol. The van der Waals surface area contributed by atoms with Crippen LogP contribution in [0.3, 0.4) is 0 Å². The Morgan fingerprint density at radius 3 is 2.29 bits per heavy atom. The second kappa shape index (κ2) is 5.73. The van der Waals surface area contributed by atoms with Crippen molar-refractivity contribution in [3.05, 3.63) is 52.0 Å². The minimum Gasteiger partial charge on any atom is -0.452 e. The molecule has 0 heterocycles. The Morgan fingerprint density at radius 2 is 1.76 bits per heavy atom. The van der Waals surface area contributed by atoms with Crippen molar-refractivity contribution in [3.8, 4) is 5.75 Å². The molecule has 0 saturated carbocycles. The quantitative estimate of drug-likeness (QED) is 0.379. The smallest absolute Gasteiger partial charge is 0.284 e. The Hall–Kier alpha value is -0.0500. The van der Waals surface area contributed by atoms with Gasteiger partial charge in [0, 0.05) is 5.57 Å². The number of hydrogen-bond donors (Lipinski definition) is 0. The van der Waals surface area contributed by atoms with Crippen LogP contribution in [0, 0.1) is 0 Å². The second-order valence-electron chi connectivity index (χ2n) is 3.02. The van der Waals surface area contributed by atoms with Gasteiger partial charge in [-0.15, -0.1) is 0 Å². The van der Waals surface area contributed by atoms with E-state index in [9.17, 15) is 0 Å². The molecule has 0 aliphatic carbocycles. The van der Waals surface area contributed by atoms with Gasteiger partial charge in [0.1, 0.15) is 10.8 Å². The Labute approximate surface area is 125 Å². The highest BCUT2D eigenvalue weighted by atomic mass is 35.5. The summed E-state index contributed by atoms with van der Waals surface area (Å²) in [6.45, 7) is 7.10. The molecule has 0 fully saturated rings. The summed E-state index contributed by atoms with van der Waals surface area (Å²) in [6.07, 6.45) is 1.38. The highest BCUT2D eigenvalue weighted by Crippen LogP contribution is 2.41. The average Bonchev–Trinajstić information content (AvgIpc) is 2.28. The third-order valence-electron chi connectivity index (χ3n) is 1.86. The number of benzene rings is 1. The Morgan fingerprint density at radius 1 is 1.18 bits per heavy atom. The largest absolute Gasteiger partial charge is 0.452 e. The van der Waals surface area contributed by atoms with Crippen LogP contribution in [-0.2, 0) is 0 Å². The van der Waals surface area contributed by atoms with Crippen molar-refractivity contribution in [1.29, 1.82) is 0 Å². The summed E-state index contributed by atoms with van der Waals surface area (Å²) < 4.78 is 3.64. The molecule has 1 nitrogen and oxygen atoms in total. The number of hydrogen-bond acceptors (Lipinski definition) is 1. The summed E-state index contributed by atoms with van der Waals surface area (Å²) in [5, 5.41) is 0.599. The first-order chi connectivity index (χ1) is 7.79. The van der Waals surface area contributed by atoms with E-state index in [4.69, 9.17) is 62.7 Å². The molecule has 0 aliphatic heterocycles. The Balaban J connectivity index is 3.08. The fourth-order valence-corrected chi connectivity index (χ4v) is 1.80. The van der Waals surface area contributed by atoms with E-state index < -0.39 is 4.52 Å². The van der Waals surface area contributed by atoms with Gasteiger partial charge in [-0.3, -0.25) is 0 Å². The minimum absolute atomic E-state index is 0.127. The van der Waals surface area contributed by atoms with Crippen LogP contribution in [0.25, 0.3) is 0 Å². The van der Waals surface area contributed by atoms with E-state index in [-0.39, 0.29) is 21.4 Å². The molecule has 0 N–H and O–H groups in total. The fourth-order valence-electron chi connectivity index (χ4n) is 0.909. The fraction of sp³-hybridized carbons (Fsp3) is 0.0909. The van der Waals surface area contributed by atoms with E-state index in [1.807, 2.05) is 0 Å². The maximum atomic E-state index is 5.94. The molecule has 17 heavy (non-hydrogen) atoms. The van der Waals surface area contributed by atoms with E-state index in [0.29, 0.717) is 5.02 Å². The van der Waals surface area contributed by atoms with Gasteiger partial charge in [0.15, 0.2) is 0 Å². The lowest BCUT2D eigenvalue weighted by molar-refractivity contribution is 0.282. The van der Waals surface area contributed by atoms with Gasteiger partial charge in [0.05, 0.1) is 10.0 Å². The zero-order chi connectivity index (χ0) is 13.2. The molecule has 0 bridgehead atoms. The van der Waals surface area contributed by atoms with Crippen LogP contribution in [0.4, 0.5) is 0 Å². The molecule has 0 aliphatic rings. The molecule has 1 rings (SSSR count). The highest BCUT2D eigenvalue weighted by molar-refractivity contribution is 6.50. The summed E-state index contributed by atoms with van der Waals surface area (Å²) in [6, 6.07) is 3.03. The minimum atomic E-state index is -1.66. The van der Waals surface area contributed by atoms with Crippen molar-refractivity contribution in [2.75, 3.05) is 0 Å². The average molecular weight is 332 g/mol. The summed E-state index contributed by atoms with van der Waals surface area (Å²) >= 11 is 29.4. The van der Waals surface area contributed by atoms with Gasteiger partial charge in [0.25, 0.3) is 4.52 Å². The predicted molar refractivity (Wildman–Crippen MR) is 75.9 cm³/mol. The molecule has 92 valence electrons. The molecule has 0 amide bonds. The Kier molecular flexibility index (Phi) is 5.06. The van der Waals surface area contributed by atoms with Crippen molar-refractivity contribution < 1.29 is 4.74 Å². The van der Waals surface area contributed by atoms with Crippen LogP contribution in [-0.4, -0.2) is 4.52 Å². The maximum Gasteiger partial charge on any atom is 0.284 e. The van der Waals surface area contributed by atoms with Gasteiger partial charge in [-0.25, -0.2) is 0 Å². The van der Waals surface area contributed by atoms with E-state index in [2.05, 4.69) is 13.2 Å². The molecule has 1 aromatic rings. The zero-order valence-corrected chi connectivity index (χ0v) is 12.2. The SMILES string of the molecule is C=CC(=C)C(Cl)(Cl)Oc1ccc(Cl)c(Cl)c1Cl. The van der Waals surface area contributed by atoms with Crippen molar-refractivity contribution in [3.63, 3.8) is 0 Å². The van der Waals surface area contributed by atoms with E-state index in [1.165, 1.54) is 18.2 Å². The van der Waals surface area contributed by atoms with Crippen LogP contribution in [0.2, 0.25) is 15.1 Å². The van der Waals surface area contributed by atoms with E-state index >= 15 is 0 Å². The zero-order valence-electron chi connectivity index (χ0n) is 8.44. The standard InChI is InChI=1S/C11H7Cl5O/c1-3-6(2)11(15,16)17-8-5-4-7(12)9(13)10(8)14/h3-5H,1-2H2. The van der Waals surface area contributed by atoms with Crippen molar-refractivity contribution in [2.24, 2.45) is 0 Å². The monoisotopic (exact) mass is 330 g/mol. The second-order valence-corrected chi connectivity index (χ2v) is 5.44. The molecule has 6 heteroatoms. The lowest BCUT2D eigenvalue weighted by Crippen LogP contribution is -2.23. The molecule has 0 radical (unpaired) electrons. The number of ether oxygens (including phenoxy) is 1. The van der Waals surface area contributed by atoms with Gasteiger partial charge in [-0.05, 0) is 12.1 Å². The van der Waals surface area contributed by atoms with Crippen LogP contribution in [0.15, 0.2) is 36.9 Å². The van der Waals surface area contributed by atoms with Gasteiger partial charge in [-0.2, -0.15) is 0 Å². The first-order valence-electron chi connectivity index (χ1n) is 4.31. The molecule has 0 atom stereocenters. The van der Waals surface area contributed by atoms with Crippen molar-refractivity contribution in [2.45, 2.75) is 4.52 Å². The number of rotatable bonds is 4. The normalized spacial score (nSPS) is 11.1. The lowest BCUT2D eigenvalue weighted by atomic mass is 10.3. The van der Waals surface area contributed by atoms with Gasteiger partial charge in [0.2, 0.25) is 0 Å². The predicted octanol–water partition coefficient (Wildman–Crippen LogP) is 5.90. The van der Waals surface area contributed by atoms with Crippen LogP contribution in [0.1, 0.15) is 0 Å². The van der Waals surface area contributed by atoms with E-state index in [0.717, 1.165) is 0 Å². The number of halogens is 5. The summed E-state index contributed by atoms with van der Waals surface area (Å²) in [5.41, 5.74) is 0.281. The van der Waals surface area contributed by atoms with Gasteiger partial charge in [-0.1, -0.05) is 77.2 Å². The van der Waals surface area contributed by atoms with Crippen molar-refractivity contribution >= 4 is 58.0 Å². The van der Waals surface area contributed by atoms with Crippen molar-refractivity contribution in [1.82, 2.24) is 0 Å². The molecule has 1 aromatic carbocycles. The first kappa shape index (κ1) is 15.0.